The fraction of sp³-hybridized carbons (Fsp3) is 0.233. The van der Waals surface area contributed by atoms with Gasteiger partial charge in [0.1, 0.15) is 0 Å². The number of fused-ring (bicyclic) bond motifs is 6. The van der Waals surface area contributed by atoms with Gasteiger partial charge in [-0.3, -0.25) is 0 Å². The van der Waals surface area contributed by atoms with Gasteiger partial charge < -0.3 is 9.47 Å². The van der Waals surface area contributed by atoms with Crippen molar-refractivity contribution in [1.82, 2.24) is 4.57 Å². The molecule has 1 fully saturated rings. The summed E-state index contributed by atoms with van der Waals surface area (Å²) in [5.41, 5.74) is 17.8. The lowest BCUT2D eigenvalue weighted by Crippen LogP contribution is -2.38. The first-order valence-electron chi connectivity index (χ1n) is 23.3. The van der Waals surface area contributed by atoms with E-state index in [2.05, 4.69) is 204 Å². The Bertz CT molecular complexity index is 2880. The molecule has 12 rings (SSSR count). The molecule has 6 unspecified atom stereocenters. The molecule has 0 bridgehead atoms. The molecule has 2 nitrogen and oxygen atoms in total. The molecule has 0 spiro atoms. The molecule has 304 valence electrons. The van der Waals surface area contributed by atoms with Gasteiger partial charge in [0.15, 0.2) is 0 Å². The molecule has 6 aromatic rings. The van der Waals surface area contributed by atoms with Gasteiger partial charge in [-0.1, -0.05) is 163 Å². The quantitative estimate of drug-likeness (QED) is 0.146. The number of nitrogens with zero attached hydrogens (tertiary/aromatic N) is 2. The summed E-state index contributed by atoms with van der Waals surface area (Å²) in [6.45, 7) is 0. The third-order valence-corrected chi connectivity index (χ3v) is 15.0. The molecule has 6 aliphatic rings. The Kier molecular flexibility index (Phi) is 9.54. The Morgan fingerprint density at radius 3 is 2.16 bits per heavy atom. The molecule has 0 radical (unpaired) electrons. The maximum Gasteiger partial charge on any atom is 0.0548 e. The smallest absolute Gasteiger partial charge is 0.0548 e. The van der Waals surface area contributed by atoms with Gasteiger partial charge in [0.2, 0.25) is 0 Å². The predicted molar refractivity (Wildman–Crippen MR) is 262 cm³/mol. The zero-order chi connectivity index (χ0) is 41.0. The Morgan fingerprint density at radius 1 is 0.565 bits per heavy atom. The first kappa shape index (κ1) is 37.4. The second kappa shape index (κ2) is 15.8. The summed E-state index contributed by atoms with van der Waals surface area (Å²) in [6.07, 6.45) is 38.0. The van der Waals surface area contributed by atoms with Crippen LogP contribution in [0.25, 0.3) is 50.5 Å². The van der Waals surface area contributed by atoms with E-state index in [4.69, 9.17) is 0 Å². The first-order valence-corrected chi connectivity index (χ1v) is 23.3. The summed E-state index contributed by atoms with van der Waals surface area (Å²) >= 11 is 0. The van der Waals surface area contributed by atoms with Gasteiger partial charge in [-0.2, -0.15) is 0 Å². The number of allylic oxidation sites excluding steroid dienone is 10. The van der Waals surface area contributed by atoms with E-state index in [9.17, 15) is 0 Å². The van der Waals surface area contributed by atoms with Crippen LogP contribution < -0.4 is 4.90 Å². The summed E-state index contributed by atoms with van der Waals surface area (Å²) in [5.74, 6) is 2.00. The van der Waals surface area contributed by atoms with Gasteiger partial charge in [0, 0.05) is 51.8 Å². The zero-order valence-electron chi connectivity index (χ0n) is 35.5. The molecule has 0 N–H and O–H groups in total. The largest absolute Gasteiger partial charge is 0.361 e. The highest BCUT2D eigenvalue weighted by molar-refractivity contribution is 5.94. The molecule has 0 amide bonds. The second-order valence-corrected chi connectivity index (χ2v) is 18.5. The van der Waals surface area contributed by atoms with Crippen molar-refractivity contribution in [2.45, 2.75) is 69.4 Å². The number of hydrogen-bond donors (Lipinski definition) is 0. The standard InChI is InChI=1S/C60H54N2/c1-4-15-41(16-5-1)44-27-31-51(32-28-44)61-58-26-13-11-24-54(58)56-39-47(30-34-59(56)61)45-21-14-22-46(35-45)48-29-33-55-53-23-10-12-25-57(53)62(60(55)40-48)52-37-49(42-17-6-2-7-18-42)36-50(38-52)43-19-8-3-9-20-43/h1-8,10-11,13-19,22-24,26-29,31-33,36-40,45-46,54,56,58-59H,9,12,20-21,25,30,34-35H2. The lowest BCUT2D eigenvalue weighted by molar-refractivity contribution is 0.409. The van der Waals surface area contributed by atoms with Crippen molar-refractivity contribution in [3.8, 4) is 27.9 Å². The molecule has 1 saturated heterocycles. The molecule has 6 atom stereocenters. The number of hydrogen-bond acceptors (Lipinski definition) is 1. The Labute approximate surface area is 367 Å². The monoisotopic (exact) mass is 802 g/mol. The van der Waals surface area contributed by atoms with Crippen LogP contribution in [0.2, 0.25) is 0 Å². The summed E-state index contributed by atoms with van der Waals surface area (Å²) in [5, 5.41) is 1.37. The molecule has 62 heavy (non-hydrogen) atoms. The number of benzene rings is 5. The van der Waals surface area contributed by atoms with E-state index in [-0.39, 0.29) is 0 Å². The summed E-state index contributed by atoms with van der Waals surface area (Å²) in [7, 11) is 0. The van der Waals surface area contributed by atoms with Crippen molar-refractivity contribution >= 4 is 28.2 Å². The van der Waals surface area contributed by atoms with E-state index in [1.54, 1.807) is 5.57 Å². The van der Waals surface area contributed by atoms with Crippen LogP contribution in [0.3, 0.4) is 0 Å². The maximum atomic E-state index is 2.77. The predicted octanol–water partition coefficient (Wildman–Crippen LogP) is 15.0. The average molecular weight is 803 g/mol. The molecule has 2 heterocycles. The lowest BCUT2D eigenvalue weighted by atomic mass is 9.72. The number of anilines is 1. The van der Waals surface area contributed by atoms with Crippen molar-refractivity contribution in [2.75, 3.05) is 4.90 Å². The van der Waals surface area contributed by atoms with E-state index in [0.29, 0.717) is 35.8 Å². The zero-order valence-corrected chi connectivity index (χ0v) is 35.5. The van der Waals surface area contributed by atoms with Gasteiger partial charge in [-0.15, -0.1) is 0 Å². The highest BCUT2D eigenvalue weighted by Gasteiger charge is 2.48. The van der Waals surface area contributed by atoms with Crippen LogP contribution >= 0.6 is 0 Å². The van der Waals surface area contributed by atoms with Crippen LogP contribution in [0.5, 0.6) is 0 Å². The van der Waals surface area contributed by atoms with Crippen LogP contribution in [0, 0.1) is 17.8 Å². The van der Waals surface area contributed by atoms with E-state index in [1.807, 2.05) is 0 Å². The maximum absolute atomic E-state index is 2.77. The summed E-state index contributed by atoms with van der Waals surface area (Å²) in [4.78, 5) is 2.77. The lowest BCUT2D eigenvalue weighted by Gasteiger charge is -2.37. The Balaban J connectivity index is 0.867. The van der Waals surface area contributed by atoms with Crippen molar-refractivity contribution in [3.05, 3.63) is 216 Å². The molecule has 5 aromatic carbocycles. The topological polar surface area (TPSA) is 8.17 Å². The molecule has 1 aliphatic heterocycles. The molecular formula is C60H54N2. The highest BCUT2D eigenvalue weighted by Crippen LogP contribution is 2.50. The van der Waals surface area contributed by atoms with E-state index < -0.39 is 0 Å². The van der Waals surface area contributed by atoms with Crippen molar-refractivity contribution in [2.24, 2.45) is 17.8 Å². The van der Waals surface area contributed by atoms with Crippen LogP contribution in [-0.4, -0.2) is 16.7 Å². The van der Waals surface area contributed by atoms with Gasteiger partial charge in [-0.25, -0.2) is 0 Å². The third-order valence-electron chi connectivity index (χ3n) is 15.0. The fourth-order valence-electron chi connectivity index (χ4n) is 12.0. The normalized spacial score (nSPS) is 24.7. The first-order chi connectivity index (χ1) is 30.7. The van der Waals surface area contributed by atoms with Crippen molar-refractivity contribution in [3.63, 3.8) is 0 Å². The van der Waals surface area contributed by atoms with E-state index >= 15 is 0 Å². The molecular weight excluding hydrogens is 749 g/mol. The minimum Gasteiger partial charge on any atom is -0.361 e. The Morgan fingerprint density at radius 2 is 1.34 bits per heavy atom. The number of rotatable bonds is 7. The van der Waals surface area contributed by atoms with Gasteiger partial charge in [-0.05, 0) is 133 Å². The minimum absolute atomic E-state index is 0.395. The van der Waals surface area contributed by atoms with Crippen LogP contribution in [0.1, 0.15) is 73.2 Å². The molecule has 1 aromatic heterocycles. The van der Waals surface area contributed by atoms with E-state index in [0.717, 1.165) is 32.1 Å². The van der Waals surface area contributed by atoms with Crippen LogP contribution in [-0.2, 0) is 6.42 Å². The van der Waals surface area contributed by atoms with E-state index in [1.165, 1.54) is 91.8 Å². The summed E-state index contributed by atoms with van der Waals surface area (Å²) in [6, 6.07) is 46.8. The SMILES string of the molecule is C1=CCCC(c2cc(-c3ccccc3)cc(-n3c4c(c5ccc(C6C=CCC(C7=CC8C9C=CC=CC9N(c9ccc(-c%10ccccc%10)cc9)C8CC7)C6)cc53)C=CCC4)c2)=C1. The van der Waals surface area contributed by atoms with Gasteiger partial charge in [0.25, 0.3) is 0 Å². The van der Waals surface area contributed by atoms with Crippen molar-refractivity contribution in [1.29, 1.82) is 0 Å². The molecule has 0 saturated carbocycles. The third kappa shape index (κ3) is 6.63. The number of aromatic nitrogens is 1. The highest BCUT2D eigenvalue weighted by atomic mass is 15.2. The average Bonchev–Trinajstić information content (AvgIpc) is 3.87. The van der Waals surface area contributed by atoms with Crippen LogP contribution in [0.15, 0.2) is 194 Å². The van der Waals surface area contributed by atoms with Gasteiger partial charge >= 0.3 is 0 Å². The second-order valence-electron chi connectivity index (χ2n) is 18.5. The Hall–Kier alpha value is -6.38. The van der Waals surface area contributed by atoms with Crippen molar-refractivity contribution < 1.29 is 0 Å². The summed E-state index contributed by atoms with van der Waals surface area (Å²) < 4.78 is 2.63. The fourth-order valence-corrected chi connectivity index (χ4v) is 12.0. The van der Waals surface area contributed by atoms with Crippen LogP contribution in [0.4, 0.5) is 5.69 Å². The molecule has 2 heteroatoms. The minimum atomic E-state index is 0.395. The van der Waals surface area contributed by atoms with Gasteiger partial charge in [0.05, 0.1) is 11.6 Å². The molecule has 5 aliphatic carbocycles.